The van der Waals surface area contributed by atoms with Crippen LogP contribution in [0.4, 0.5) is 0 Å². The van der Waals surface area contributed by atoms with Crippen LogP contribution in [0.2, 0.25) is 0 Å². The molecule has 0 saturated carbocycles. The van der Waals surface area contributed by atoms with Crippen LogP contribution in [0, 0.1) is 0 Å². The molecule has 3 rings (SSSR count). The molecule has 0 amide bonds. The van der Waals surface area contributed by atoms with Crippen LogP contribution in [0.25, 0.3) is 5.78 Å². The van der Waals surface area contributed by atoms with E-state index in [0.29, 0.717) is 18.9 Å². The molecule has 0 aliphatic heterocycles. The molecular formula is C10H11N7. The molecule has 0 fully saturated rings. The van der Waals surface area contributed by atoms with Gasteiger partial charge in [0, 0.05) is 25.1 Å². The number of nitrogens with two attached hydrogens (primary N) is 1. The van der Waals surface area contributed by atoms with Crippen LogP contribution < -0.4 is 5.73 Å². The second-order valence-electron chi connectivity index (χ2n) is 3.67. The third-order valence-corrected chi connectivity index (χ3v) is 2.40. The lowest BCUT2D eigenvalue weighted by Crippen LogP contribution is -2.00. The van der Waals surface area contributed by atoms with Gasteiger partial charge in [-0.3, -0.25) is 4.40 Å². The van der Waals surface area contributed by atoms with E-state index in [-0.39, 0.29) is 0 Å². The zero-order chi connectivity index (χ0) is 11.7. The number of hydrogen-bond acceptors (Lipinski definition) is 5. The molecule has 0 bridgehead atoms. The highest BCUT2D eigenvalue weighted by molar-refractivity contribution is 5.29. The molecule has 0 saturated heterocycles. The third kappa shape index (κ3) is 1.87. The maximum absolute atomic E-state index is 5.47. The highest BCUT2D eigenvalue weighted by Gasteiger charge is 2.04. The van der Waals surface area contributed by atoms with Gasteiger partial charge in [-0.15, -0.1) is 5.10 Å². The van der Waals surface area contributed by atoms with Gasteiger partial charge >= 0.3 is 0 Å². The number of hydrogen-bond donors (Lipinski definition) is 1. The molecule has 7 heteroatoms. The molecule has 3 heterocycles. The summed E-state index contributed by atoms with van der Waals surface area (Å²) < 4.78 is 3.58. The zero-order valence-electron chi connectivity index (χ0n) is 9.06. The number of aromatic nitrogens is 6. The van der Waals surface area contributed by atoms with E-state index in [1.807, 2.05) is 29.1 Å². The van der Waals surface area contributed by atoms with Gasteiger partial charge < -0.3 is 5.73 Å². The molecule has 0 radical (unpaired) electrons. The standard InChI is InChI=1S/C10H11N7/c11-4-8-6-17(15-14-8)7-9-5-16-3-1-2-12-10(16)13-9/h1-3,5-6H,4,7,11H2. The maximum Gasteiger partial charge on any atom is 0.233 e. The average Bonchev–Trinajstić information content (AvgIpc) is 2.94. The Morgan fingerprint density at radius 3 is 2.94 bits per heavy atom. The molecule has 0 aromatic carbocycles. The number of nitrogens with zero attached hydrogens (tertiary/aromatic N) is 6. The Hall–Kier alpha value is -2.28. The summed E-state index contributed by atoms with van der Waals surface area (Å²) in [5.74, 6) is 0.682. The van der Waals surface area contributed by atoms with Gasteiger partial charge in [-0.2, -0.15) is 0 Å². The second-order valence-corrected chi connectivity index (χ2v) is 3.67. The zero-order valence-corrected chi connectivity index (χ0v) is 9.06. The maximum atomic E-state index is 5.47. The van der Waals surface area contributed by atoms with Crippen LogP contribution in [-0.2, 0) is 13.1 Å². The lowest BCUT2D eigenvalue weighted by atomic mass is 10.4. The van der Waals surface area contributed by atoms with E-state index in [4.69, 9.17) is 5.73 Å². The topological polar surface area (TPSA) is 86.9 Å². The lowest BCUT2D eigenvalue weighted by molar-refractivity contribution is 0.640. The first-order valence-electron chi connectivity index (χ1n) is 5.23. The number of fused-ring (bicyclic) bond motifs is 1. The van der Waals surface area contributed by atoms with Gasteiger partial charge in [-0.25, -0.2) is 14.6 Å². The third-order valence-electron chi connectivity index (χ3n) is 2.40. The average molecular weight is 229 g/mol. The summed E-state index contributed by atoms with van der Waals surface area (Å²) in [6.07, 6.45) is 7.36. The molecule has 3 aromatic heterocycles. The van der Waals surface area contributed by atoms with Gasteiger partial charge in [-0.1, -0.05) is 5.21 Å². The molecule has 0 unspecified atom stereocenters. The predicted octanol–water partition coefficient (Wildman–Crippen LogP) is -0.172. The predicted molar refractivity (Wildman–Crippen MR) is 60.0 cm³/mol. The van der Waals surface area contributed by atoms with E-state index in [1.165, 1.54) is 0 Å². The number of imidazole rings is 1. The van der Waals surface area contributed by atoms with Crippen molar-refractivity contribution in [2.75, 3.05) is 0 Å². The van der Waals surface area contributed by atoms with Crippen molar-refractivity contribution in [1.29, 1.82) is 0 Å². The van der Waals surface area contributed by atoms with E-state index in [9.17, 15) is 0 Å². The molecule has 0 atom stereocenters. The minimum atomic E-state index is 0.396. The molecular weight excluding hydrogens is 218 g/mol. The van der Waals surface area contributed by atoms with Gasteiger partial charge in [-0.05, 0) is 6.07 Å². The molecule has 2 N–H and O–H groups in total. The molecule has 0 aliphatic carbocycles. The first-order chi connectivity index (χ1) is 8.35. The smallest absolute Gasteiger partial charge is 0.233 e. The fourth-order valence-corrected chi connectivity index (χ4v) is 1.63. The molecule has 3 aromatic rings. The summed E-state index contributed by atoms with van der Waals surface area (Å²) in [5.41, 5.74) is 7.13. The van der Waals surface area contributed by atoms with Crippen LogP contribution in [0.15, 0.2) is 30.9 Å². The molecule has 0 spiro atoms. The first kappa shape index (κ1) is 9.91. The van der Waals surface area contributed by atoms with Gasteiger partial charge in [0.1, 0.15) is 0 Å². The normalized spacial score (nSPS) is 11.1. The van der Waals surface area contributed by atoms with Crippen molar-refractivity contribution in [2.24, 2.45) is 5.73 Å². The minimum Gasteiger partial charge on any atom is -0.325 e. The molecule has 7 nitrogen and oxygen atoms in total. The van der Waals surface area contributed by atoms with E-state index in [1.54, 1.807) is 10.9 Å². The van der Waals surface area contributed by atoms with E-state index < -0.39 is 0 Å². The van der Waals surface area contributed by atoms with Gasteiger partial charge in [0.15, 0.2) is 0 Å². The van der Waals surface area contributed by atoms with Gasteiger partial charge in [0.25, 0.3) is 0 Å². The van der Waals surface area contributed by atoms with Crippen molar-refractivity contribution in [3.8, 4) is 0 Å². The monoisotopic (exact) mass is 229 g/mol. The van der Waals surface area contributed by atoms with Crippen molar-refractivity contribution in [1.82, 2.24) is 29.4 Å². The Morgan fingerprint density at radius 1 is 1.24 bits per heavy atom. The summed E-state index contributed by atoms with van der Waals surface area (Å²) in [6, 6.07) is 1.86. The van der Waals surface area contributed by atoms with Gasteiger partial charge in [0.2, 0.25) is 5.78 Å². The van der Waals surface area contributed by atoms with Crippen molar-refractivity contribution in [3.05, 3.63) is 42.2 Å². The molecule has 86 valence electrons. The highest BCUT2D eigenvalue weighted by Crippen LogP contribution is 2.03. The van der Waals surface area contributed by atoms with E-state index >= 15 is 0 Å². The Morgan fingerprint density at radius 2 is 2.18 bits per heavy atom. The summed E-state index contributed by atoms with van der Waals surface area (Å²) in [4.78, 5) is 8.53. The summed E-state index contributed by atoms with van der Waals surface area (Å²) in [6.45, 7) is 0.961. The SMILES string of the molecule is NCc1cn(Cc2cn3cccnc3n2)nn1. The van der Waals surface area contributed by atoms with Crippen molar-refractivity contribution in [3.63, 3.8) is 0 Å². The summed E-state index contributed by atoms with van der Waals surface area (Å²) in [7, 11) is 0. The first-order valence-corrected chi connectivity index (χ1v) is 5.23. The second kappa shape index (κ2) is 3.95. The van der Waals surface area contributed by atoms with E-state index in [0.717, 1.165) is 11.4 Å². The van der Waals surface area contributed by atoms with Crippen LogP contribution >= 0.6 is 0 Å². The highest BCUT2D eigenvalue weighted by atomic mass is 15.4. The van der Waals surface area contributed by atoms with Crippen LogP contribution in [0.5, 0.6) is 0 Å². The van der Waals surface area contributed by atoms with Crippen molar-refractivity contribution >= 4 is 5.78 Å². The Bertz CT molecular complexity index is 606. The number of rotatable bonds is 3. The van der Waals surface area contributed by atoms with Crippen molar-refractivity contribution in [2.45, 2.75) is 13.1 Å². The molecule has 0 aliphatic rings. The minimum absolute atomic E-state index is 0.396. The Balaban J connectivity index is 1.89. The summed E-state index contributed by atoms with van der Waals surface area (Å²) in [5, 5.41) is 7.89. The largest absolute Gasteiger partial charge is 0.325 e. The summed E-state index contributed by atoms with van der Waals surface area (Å²) >= 11 is 0. The van der Waals surface area contributed by atoms with E-state index in [2.05, 4.69) is 20.3 Å². The van der Waals surface area contributed by atoms with Crippen LogP contribution in [0.1, 0.15) is 11.4 Å². The molecule has 17 heavy (non-hydrogen) atoms. The Labute approximate surface area is 96.9 Å². The van der Waals surface area contributed by atoms with Gasteiger partial charge in [0.05, 0.1) is 24.1 Å². The lowest BCUT2D eigenvalue weighted by Gasteiger charge is -1.93. The fourth-order valence-electron chi connectivity index (χ4n) is 1.63. The van der Waals surface area contributed by atoms with Crippen molar-refractivity contribution < 1.29 is 0 Å². The van der Waals surface area contributed by atoms with Crippen LogP contribution in [-0.4, -0.2) is 29.4 Å². The van der Waals surface area contributed by atoms with Crippen LogP contribution in [0.3, 0.4) is 0 Å². The Kier molecular flexibility index (Phi) is 2.30. The fraction of sp³-hybridized carbons (Fsp3) is 0.200. The quantitative estimate of drug-likeness (QED) is 0.673.